The first kappa shape index (κ1) is 15.2. The summed E-state index contributed by atoms with van der Waals surface area (Å²) in [6, 6.07) is 0.439. The molecule has 0 heterocycles. The summed E-state index contributed by atoms with van der Waals surface area (Å²) in [4.78, 5) is 0. The first-order valence-corrected chi connectivity index (χ1v) is 9.83. The van der Waals surface area contributed by atoms with E-state index in [1.807, 2.05) is 5.57 Å². The molecular weight excluding hydrogens is 266 g/mol. The van der Waals surface area contributed by atoms with Crippen molar-refractivity contribution in [1.82, 2.24) is 0 Å². The van der Waals surface area contributed by atoms with E-state index in [0.717, 1.165) is 29.6 Å². The summed E-state index contributed by atoms with van der Waals surface area (Å²) < 4.78 is 0. The lowest BCUT2D eigenvalue weighted by atomic mass is 9.47. The lowest BCUT2D eigenvalue weighted by Crippen LogP contribution is -2.52. The topological polar surface area (TPSA) is 26.0 Å². The normalized spacial score (nSPS) is 57.6. The smallest absolute Gasteiger partial charge is 0.0122 e. The monoisotopic (exact) mass is 301 g/mol. The van der Waals surface area contributed by atoms with Gasteiger partial charge in [0.1, 0.15) is 0 Å². The van der Waals surface area contributed by atoms with E-state index in [1.165, 1.54) is 44.9 Å². The number of nitrogens with two attached hydrogens (primary N) is 1. The highest BCUT2D eigenvalue weighted by atomic mass is 14.8. The van der Waals surface area contributed by atoms with Crippen molar-refractivity contribution in [1.29, 1.82) is 0 Å². The maximum Gasteiger partial charge on any atom is 0.0122 e. The van der Waals surface area contributed by atoms with Gasteiger partial charge in [-0.3, -0.25) is 0 Å². The second-order valence-corrected chi connectivity index (χ2v) is 9.82. The molecule has 2 N–H and O–H groups in total. The number of allylic oxidation sites excluding steroid dienone is 2. The quantitative estimate of drug-likeness (QED) is 0.615. The Hall–Kier alpha value is -0.300. The average Bonchev–Trinajstić information content (AvgIpc) is 2.72. The van der Waals surface area contributed by atoms with Crippen molar-refractivity contribution in [3.63, 3.8) is 0 Å². The molecule has 0 amide bonds. The number of fused-ring (bicyclic) bond motifs is 5. The van der Waals surface area contributed by atoms with Gasteiger partial charge in [0.25, 0.3) is 0 Å². The first-order valence-electron chi connectivity index (χ1n) is 9.83. The lowest BCUT2D eigenvalue weighted by molar-refractivity contribution is -0.0422. The van der Waals surface area contributed by atoms with Gasteiger partial charge in [0.05, 0.1) is 0 Å². The van der Waals surface area contributed by atoms with E-state index < -0.39 is 0 Å². The fraction of sp³-hybridized carbons (Fsp3) is 0.905. The van der Waals surface area contributed by atoms with Crippen molar-refractivity contribution in [2.45, 2.75) is 78.7 Å². The highest BCUT2D eigenvalue weighted by molar-refractivity contribution is 5.25. The lowest BCUT2D eigenvalue weighted by Gasteiger charge is -2.58. The fourth-order valence-corrected chi connectivity index (χ4v) is 7.30. The predicted octanol–water partition coefficient (Wildman–Crippen LogP) is 5.16. The van der Waals surface area contributed by atoms with Gasteiger partial charge in [-0.25, -0.2) is 0 Å². The second kappa shape index (κ2) is 4.85. The summed E-state index contributed by atoms with van der Waals surface area (Å²) in [5, 5.41) is 0. The van der Waals surface area contributed by atoms with E-state index in [4.69, 9.17) is 5.73 Å². The van der Waals surface area contributed by atoms with Gasteiger partial charge in [-0.05, 0) is 85.4 Å². The van der Waals surface area contributed by atoms with Crippen molar-refractivity contribution >= 4 is 0 Å². The highest BCUT2D eigenvalue weighted by Gasteiger charge is 2.59. The van der Waals surface area contributed by atoms with Crippen LogP contribution in [0.1, 0.15) is 72.6 Å². The van der Waals surface area contributed by atoms with Crippen LogP contribution in [0.15, 0.2) is 11.6 Å². The second-order valence-electron chi connectivity index (χ2n) is 9.82. The molecule has 8 atom stereocenters. The zero-order valence-electron chi connectivity index (χ0n) is 15.1. The summed E-state index contributed by atoms with van der Waals surface area (Å²) in [7, 11) is 0. The van der Waals surface area contributed by atoms with E-state index in [9.17, 15) is 0 Å². The Morgan fingerprint density at radius 3 is 2.59 bits per heavy atom. The van der Waals surface area contributed by atoms with Crippen LogP contribution in [0.4, 0.5) is 0 Å². The maximum absolute atomic E-state index is 6.66. The molecular formula is C21H35N. The molecule has 0 spiro atoms. The molecule has 22 heavy (non-hydrogen) atoms. The summed E-state index contributed by atoms with van der Waals surface area (Å²) in [5.74, 6) is 4.33. The van der Waals surface area contributed by atoms with Gasteiger partial charge in [-0.15, -0.1) is 0 Å². The third-order valence-electron chi connectivity index (χ3n) is 8.78. The van der Waals surface area contributed by atoms with Crippen LogP contribution in [0.2, 0.25) is 0 Å². The van der Waals surface area contributed by atoms with Crippen LogP contribution >= 0.6 is 0 Å². The third kappa shape index (κ3) is 1.87. The Labute approximate surface area is 137 Å². The Bertz CT molecular complexity index is 494. The summed E-state index contributed by atoms with van der Waals surface area (Å²) in [6.45, 7) is 9.96. The van der Waals surface area contributed by atoms with Crippen LogP contribution in [0.3, 0.4) is 0 Å². The summed E-state index contributed by atoms with van der Waals surface area (Å²) >= 11 is 0. The van der Waals surface area contributed by atoms with Crippen molar-refractivity contribution in [2.24, 2.45) is 46.2 Å². The van der Waals surface area contributed by atoms with Gasteiger partial charge in [-0.1, -0.05) is 39.3 Å². The van der Waals surface area contributed by atoms with E-state index in [0.29, 0.717) is 16.9 Å². The minimum atomic E-state index is 0.431. The third-order valence-corrected chi connectivity index (χ3v) is 8.78. The molecule has 4 aliphatic rings. The minimum absolute atomic E-state index is 0.431. The molecule has 0 aromatic heterocycles. The van der Waals surface area contributed by atoms with Gasteiger partial charge in [0.2, 0.25) is 0 Å². The van der Waals surface area contributed by atoms with Gasteiger partial charge in [0.15, 0.2) is 0 Å². The molecule has 1 heteroatoms. The van der Waals surface area contributed by atoms with Gasteiger partial charge in [0, 0.05) is 6.04 Å². The van der Waals surface area contributed by atoms with Crippen molar-refractivity contribution in [3.05, 3.63) is 11.6 Å². The predicted molar refractivity (Wildman–Crippen MR) is 93.4 cm³/mol. The molecule has 4 rings (SSSR count). The molecule has 1 nitrogen and oxygen atoms in total. The SMILES string of the molecule is CC1C=C2CCC3C(CCC4(C)C(N)C(C)CC34)C2(C)CC1. The van der Waals surface area contributed by atoms with Crippen molar-refractivity contribution in [2.75, 3.05) is 0 Å². The molecule has 0 bridgehead atoms. The van der Waals surface area contributed by atoms with Crippen LogP contribution in [0.5, 0.6) is 0 Å². The van der Waals surface area contributed by atoms with E-state index in [2.05, 4.69) is 33.8 Å². The standard InChI is InChI=1S/C21H35N/c1-13-7-9-20(3)15(11-13)5-6-16-17(20)8-10-21(4)18(16)12-14(2)19(21)22/h11,13-14,16-19H,5-10,12,22H2,1-4H3. The molecule has 4 aliphatic carbocycles. The van der Waals surface area contributed by atoms with Crippen molar-refractivity contribution < 1.29 is 0 Å². The Balaban J connectivity index is 1.68. The molecule has 0 aromatic rings. The first-order chi connectivity index (χ1) is 10.4. The Morgan fingerprint density at radius 1 is 1.05 bits per heavy atom. The summed E-state index contributed by atoms with van der Waals surface area (Å²) in [5.41, 5.74) is 9.44. The summed E-state index contributed by atoms with van der Waals surface area (Å²) in [6.07, 6.45) is 12.5. The minimum Gasteiger partial charge on any atom is -0.327 e. The van der Waals surface area contributed by atoms with Crippen LogP contribution in [-0.2, 0) is 0 Å². The molecule has 8 unspecified atom stereocenters. The van der Waals surface area contributed by atoms with Gasteiger partial charge >= 0.3 is 0 Å². The molecule has 124 valence electrons. The molecule has 0 aliphatic heterocycles. The number of hydrogen-bond acceptors (Lipinski definition) is 1. The zero-order chi connectivity index (χ0) is 15.7. The molecule has 0 aromatic carbocycles. The molecule has 3 saturated carbocycles. The van der Waals surface area contributed by atoms with Crippen LogP contribution in [0.25, 0.3) is 0 Å². The Morgan fingerprint density at radius 2 is 1.82 bits per heavy atom. The number of hydrogen-bond donors (Lipinski definition) is 1. The molecule has 3 fully saturated rings. The van der Waals surface area contributed by atoms with Crippen LogP contribution in [0, 0.1) is 40.4 Å². The van der Waals surface area contributed by atoms with E-state index >= 15 is 0 Å². The number of rotatable bonds is 0. The Kier molecular flexibility index (Phi) is 3.36. The van der Waals surface area contributed by atoms with E-state index in [1.54, 1.807) is 0 Å². The van der Waals surface area contributed by atoms with Gasteiger partial charge < -0.3 is 5.73 Å². The maximum atomic E-state index is 6.66. The van der Waals surface area contributed by atoms with Gasteiger partial charge in [-0.2, -0.15) is 0 Å². The van der Waals surface area contributed by atoms with E-state index in [-0.39, 0.29) is 0 Å². The van der Waals surface area contributed by atoms with Crippen LogP contribution < -0.4 is 5.73 Å². The van der Waals surface area contributed by atoms with Crippen molar-refractivity contribution in [3.8, 4) is 0 Å². The zero-order valence-corrected chi connectivity index (χ0v) is 15.1. The molecule has 0 radical (unpaired) electrons. The molecule has 0 saturated heterocycles. The largest absolute Gasteiger partial charge is 0.327 e. The average molecular weight is 302 g/mol. The highest BCUT2D eigenvalue weighted by Crippen LogP contribution is 2.66. The fourth-order valence-electron chi connectivity index (χ4n) is 7.30. The van der Waals surface area contributed by atoms with Crippen LogP contribution in [-0.4, -0.2) is 6.04 Å².